The average molecular weight is 481 g/mol. The quantitative estimate of drug-likeness (QED) is 0.164. The third-order valence-electron chi connectivity index (χ3n) is 4.74. The van der Waals surface area contributed by atoms with Crippen molar-refractivity contribution < 1.29 is 36.9 Å². The summed E-state index contributed by atoms with van der Waals surface area (Å²) in [5, 5.41) is 0. The zero-order chi connectivity index (χ0) is 24.9. The number of unbranched alkanes of at least 4 members (excludes halogenated alkanes) is 1. The van der Waals surface area contributed by atoms with Crippen molar-refractivity contribution >= 4 is 5.97 Å². The van der Waals surface area contributed by atoms with Gasteiger partial charge in [0.1, 0.15) is 35.6 Å². The Morgan fingerprint density at radius 1 is 0.882 bits per heavy atom. The Hall–Kier alpha value is -3.16. The van der Waals surface area contributed by atoms with E-state index in [2.05, 4.69) is 6.58 Å². The van der Waals surface area contributed by atoms with E-state index < -0.39 is 29.8 Å². The minimum Gasteiger partial charge on any atom is -0.493 e. The fourth-order valence-electron chi connectivity index (χ4n) is 3.09. The molecule has 34 heavy (non-hydrogen) atoms. The monoisotopic (exact) mass is 480 g/mol. The lowest BCUT2D eigenvalue weighted by Gasteiger charge is -2.19. The molecule has 0 saturated heterocycles. The Balaban J connectivity index is 2.33. The number of carbonyl (C=O) groups excluding carboxylic acids is 1. The lowest BCUT2D eigenvalue weighted by atomic mass is 10.0. The molecule has 0 aliphatic heterocycles. The van der Waals surface area contributed by atoms with Gasteiger partial charge in [0.15, 0.2) is 0 Å². The molecule has 0 aliphatic carbocycles. The Morgan fingerprint density at radius 3 is 1.94 bits per heavy atom. The molecule has 0 amide bonds. The van der Waals surface area contributed by atoms with Gasteiger partial charge in [0.05, 0.1) is 37.6 Å². The summed E-state index contributed by atoms with van der Waals surface area (Å²) < 4.78 is 64.3. The molecule has 5 nitrogen and oxygen atoms in total. The summed E-state index contributed by atoms with van der Waals surface area (Å²) in [6, 6.07) is 5.44. The molecule has 0 N–H and O–H groups in total. The molecule has 8 heteroatoms. The van der Waals surface area contributed by atoms with E-state index in [1.54, 1.807) is 12.1 Å². The van der Waals surface area contributed by atoms with Gasteiger partial charge in [-0.25, -0.2) is 18.0 Å². The van der Waals surface area contributed by atoms with Gasteiger partial charge in [0, 0.05) is 18.2 Å². The van der Waals surface area contributed by atoms with Crippen LogP contribution in [-0.2, 0) is 16.2 Å². The Morgan fingerprint density at radius 2 is 1.44 bits per heavy atom. The van der Waals surface area contributed by atoms with Crippen LogP contribution < -0.4 is 14.2 Å². The van der Waals surface area contributed by atoms with Crippen LogP contribution in [-0.4, -0.2) is 32.4 Å². The fraction of sp³-hybridized carbons (Fsp3) is 0.423. The van der Waals surface area contributed by atoms with Gasteiger partial charge in [-0.05, 0) is 43.4 Å². The van der Waals surface area contributed by atoms with E-state index in [-0.39, 0.29) is 12.2 Å². The van der Waals surface area contributed by atoms with Crippen LogP contribution in [0.5, 0.6) is 17.2 Å². The number of halogens is 3. The number of esters is 1. The molecule has 0 aromatic heterocycles. The highest BCUT2D eigenvalue weighted by Crippen LogP contribution is 2.43. The summed E-state index contributed by atoms with van der Waals surface area (Å²) in [5.41, 5.74) is -0.0664. The molecule has 0 saturated carbocycles. The minimum absolute atomic E-state index is 0.181. The van der Waals surface area contributed by atoms with Crippen LogP contribution in [0.2, 0.25) is 0 Å². The van der Waals surface area contributed by atoms with Crippen molar-refractivity contribution in [3.8, 4) is 28.4 Å². The minimum atomic E-state index is -1.24. The van der Waals surface area contributed by atoms with Crippen LogP contribution in [0.3, 0.4) is 0 Å². The molecule has 0 fully saturated rings. The van der Waals surface area contributed by atoms with Gasteiger partial charge in [-0.1, -0.05) is 20.4 Å². The van der Waals surface area contributed by atoms with Crippen LogP contribution in [0.1, 0.15) is 45.1 Å². The van der Waals surface area contributed by atoms with E-state index in [1.807, 2.05) is 13.8 Å². The van der Waals surface area contributed by atoms with Gasteiger partial charge in [-0.3, -0.25) is 0 Å². The number of hydrogen-bond donors (Lipinski definition) is 0. The Bertz CT molecular complexity index is 909. The van der Waals surface area contributed by atoms with Crippen molar-refractivity contribution in [3.05, 3.63) is 54.1 Å². The molecule has 0 heterocycles. The fourth-order valence-corrected chi connectivity index (χ4v) is 3.09. The van der Waals surface area contributed by atoms with E-state index in [4.69, 9.17) is 18.9 Å². The van der Waals surface area contributed by atoms with Gasteiger partial charge in [-0.2, -0.15) is 0 Å². The standard InChI is InChI=1S/C26H31F3O5/c1-4-9-32-23-15-19(31-11-7-8-12-34-25(30)6-3)16-24(33-10-5-2)26(23)18-13-21(28)20(17-27)22(29)14-18/h6,13-16H,3-5,7-12,17H2,1-2H3. The maximum absolute atomic E-state index is 14.4. The molecule has 0 unspecified atom stereocenters. The van der Waals surface area contributed by atoms with Crippen molar-refractivity contribution in [1.82, 2.24) is 0 Å². The second-order valence-electron chi connectivity index (χ2n) is 7.47. The third-order valence-corrected chi connectivity index (χ3v) is 4.74. The van der Waals surface area contributed by atoms with Crippen molar-refractivity contribution in [2.45, 2.75) is 46.2 Å². The largest absolute Gasteiger partial charge is 0.493 e. The normalized spacial score (nSPS) is 10.6. The SMILES string of the molecule is C=CC(=O)OCCCCOc1cc(OCCC)c(-c2cc(F)c(CF)c(F)c2)c(OCCC)c1. The van der Waals surface area contributed by atoms with Gasteiger partial charge >= 0.3 is 5.97 Å². The van der Waals surface area contributed by atoms with Crippen molar-refractivity contribution in [1.29, 1.82) is 0 Å². The predicted octanol–water partition coefficient (Wildman–Crippen LogP) is 6.57. The highest BCUT2D eigenvalue weighted by Gasteiger charge is 2.20. The first kappa shape index (κ1) is 27.1. The lowest BCUT2D eigenvalue weighted by molar-refractivity contribution is -0.137. The number of benzene rings is 2. The lowest BCUT2D eigenvalue weighted by Crippen LogP contribution is -2.06. The van der Waals surface area contributed by atoms with Crippen molar-refractivity contribution in [3.63, 3.8) is 0 Å². The molecule has 186 valence electrons. The smallest absolute Gasteiger partial charge is 0.330 e. The molecule has 0 atom stereocenters. The van der Waals surface area contributed by atoms with E-state index in [1.165, 1.54) is 0 Å². The maximum Gasteiger partial charge on any atom is 0.330 e. The number of hydrogen-bond acceptors (Lipinski definition) is 5. The molecule has 0 radical (unpaired) electrons. The summed E-state index contributed by atoms with van der Waals surface area (Å²) in [6.45, 7) is 7.31. The van der Waals surface area contributed by atoms with Crippen LogP contribution in [0.4, 0.5) is 13.2 Å². The van der Waals surface area contributed by atoms with Crippen LogP contribution >= 0.6 is 0 Å². The highest BCUT2D eigenvalue weighted by atomic mass is 19.1. The van der Waals surface area contributed by atoms with E-state index in [0.29, 0.717) is 68.3 Å². The first-order chi connectivity index (χ1) is 16.4. The second kappa shape index (κ2) is 14.2. The first-order valence-electron chi connectivity index (χ1n) is 11.3. The zero-order valence-electron chi connectivity index (χ0n) is 19.6. The van der Waals surface area contributed by atoms with Crippen molar-refractivity contribution in [2.75, 3.05) is 26.4 Å². The average Bonchev–Trinajstić information content (AvgIpc) is 2.82. The molecule has 2 aromatic carbocycles. The summed E-state index contributed by atoms with van der Waals surface area (Å²) in [4.78, 5) is 11.1. The van der Waals surface area contributed by atoms with Gasteiger partial charge in [0.25, 0.3) is 0 Å². The number of rotatable bonds is 15. The molecular formula is C26H31F3O5. The third kappa shape index (κ3) is 7.71. The molecule has 0 spiro atoms. The summed E-state index contributed by atoms with van der Waals surface area (Å²) in [6.07, 6.45) is 3.76. The van der Waals surface area contributed by atoms with E-state index >= 15 is 0 Å². The first-order valence-corrected chi connectivity index (χ1v) is 11.3. The second-order valence-corrected chi connectivity index (χ2v) is 7.47. The summed E-state index contributed by atoms with van der Waals surface area (Å²) in [7, 11) is 0. The molecular weight excluding hydrogens is 449 g/mol. The van der Waals surface area contributed by atoms with Crippen molar-refractivity contribution in [2.24, 2.45) is 0 Å². The van der Waals surface area contributed by atoms with Crippen LogP contribution in [0.15, 0.2) is 36.9 Å². The van der Waals surface area contributed by atoms with Crippen LogP contribution in [0.25, 0.3) is 11.1 Å². The number of ether oxygens (including phenoxy) is 4. The predicted molar refractivity (Wildman–Crippen MR) is 124 cm³/mol. The maximum atomic E-state index is 14.4. The summed E-state index contributed by atoms with van der Waals surface area (Å²) in [5.74, 6) is -1.27. The van der Waals surface area contributed by atoms with Crippen LogP contribution in [0, 0.1) is 11.6 Å². The van der Waals surface area contributed by atoms with E-state index in [0.717, 1.165) is 18.2 Å². The molecule has 2 aromatic rings. The summed E-state index contributed by atoms with van der Waals surface area (Å²) >= 11 is 0. The van der Waals surface area contributed by atoms with Gasteiger partial charge in [-0.15, -0.1) is 0 Å². The topological polar surface area (TPSA) is 54.0 Å². The highest BCUT2D eigenvalue weighted by molar-refractivity contribution is 5.81. The van der Waals surface area contributed by atoms with E-state index in [9.17, 15) is 18.0 Å². The van der Waals surface area contributed by atoms with Gasteiger partial charge in [0.2, 0.25) is 0 Å². The number of alkyl halides is 1. The Kier molecular flexibility index (Phi) is 11.3. The molecule has 0 aliphatic rings. The Labute approximate surface area is 198 Å². The van der Waals surface area contributed by atoms with Gasteiger partial charge < -0.3 is 18.9 Å². The molecule has 2 rings (SSSR count). The zero-order valence-corrected chi connectivity index (χ0v) is 19.6. The number of carbonyl (C=O) groups is 1. The molecule has 0 bridgehead atoms.